The lowest BCUT2D eigenvalue weighted by atomic mass is 10.0. The minimum Gasteiger partial charge on any atom is -0.493 e. The number of methoxy groups -OCH3 is 1. The van der Waals surface area contributed by atoms with Gasteiger partial charge in [-0.2, -0.15) is 5.10 Å². The second-order valence-electron chi connectivity index (χ2n) is 8.35. The van der Waals surface area contributed by atoms with Gasteiger partial charge < -0.3 is 14.2 Å². The van der Waals surface area contributed by atoms with E-state index in [-0.39, 0.29) is 17.6 Å². The molecule has 28 heavy (non-hydrogen) atoms. The lowest BCUT2D eigenvalue weighted by Gasteiger charge is -2.19. The third kappa shape index (κ3) is 5.03. The molecule has 2 atom stereocenters. The highest BCUT2D eigenvalue weighted by molar-refractivity contribution is 5.85. The third-order valence-electron chi connectivity index (χ3n) is 5.12. The zero-order valence-corrected chi connectivity index (χ0v) is 16.9. The largest absolute Gasteiger partial charge is 0.514 e. The topological polar surface area (TPSA) is 86.2 Å². The Balaban J connectivity index is 1.56. The molecule has 7 nitrogen and oxygen atoms in total. The second-order valence-corrected chi connectivity index (χ2v) is 8.35. The summed E-state index contributed by atoms with van der Waals surface area (Å²) in [5.74, 6) is 1.85. The molecule has 0 heterocycles. The van der Waals surface area contributed by atoms with Gasteiger partial charge in [0.1, 0.15) is 5.60 Å². The van der Waals surface area contributed by atoms with Crippen LogP contribution in [0.15, 0.2) is 23.3 Å². The van der Waals surface area contributed by atoms with Gasteiger partial charge in [0.15, 0.2) is 11.5 Å². The SMILES string of the molecule is COc1cc(/C=N/NC(=O)C2C3CCCCC32)ccc1OC(=O)OC(C)(C)C. The predicted molar refractivity (Wildman–Crippen MR) is 105 cm³/mol. The van der Waals surface area contributed by atoms with Crippen LogP contribution >= 0.6 is 0 Å². The number of nitrogens with zero attached hydrogens (tertiary/aromatic N) is 1. The number of hydrazone groups is 1. The van der Waals surface area contributed by atoms with Crippen LogP contribution in [0.3, 0.4) is 0 Å². The fourth-order valence-corrected chi connectivity index (χ4v) is 3.84. The highest BCUT2D eigenvalue weighted by atomic mass is 16.7. The van der Waals surface area contributed by atoms with Crippen molar-refractivity contribution in [2.24, 2.45) is 22.9 Å². The van der Waals surface area contributed by atoms with Gasteiger partial charge in [-0.3, -0.25) is 4.79 Å². The molecular weight excluding hydrogens is 360 g/mol. The van der Waals surface area contributed by atoms with Gasteiger partial charge in [0, 0.05) is 5.92 Å². The van der Waals surface area contributed by atoms with E-state index in [4.69, 9.17) is 14.2 Å². The lowest BCUT2D eigenvalue weighted by Crippen LogP contribution is -2.26. The Bertz CT molecular complexity index is 757. The number of rotatable bonds is 5. The van der Waals surface area contributed by atoms with Crippen molar-refractivity contribution >= 4 is 18.3 Å². The standard InChI is InChI=1S/C21H28N2O5/c1-21(2,3)28-20(25)27-16-10-9-13(11-17(16)26-4)12-22-23-19(24)18-14-7-5-6-8-15(14)18/h9-12,14-15,18H,5-8H2,1-4H3,(H,23,24)/b22-12+. The Morgan fingerprint density at radius 1 is 1.14 bits per heavy atom. The first-order chi connectivity index (χ1) is 13.3. The highest BCUT2D eigenvalue weighted by Crippen LogP contribution is 2.55. The number of ether oxygens (including phenoxy) is 3. The number of amides is 1. The maximum Gasteiger partial charge on any atom is 0.514 e. The van der Waals surface area contributed by atoms with Gasteiger partial charge in [0.25, 0.3) is 0 Å². The molecule has 0 aliphatic heterocycles. The summed E-state index contributed by atoms with van der Waals surface area (Å²) in [6.45, 7) is 5.28. The first-order valence-corrected chi connectivity index (χ1v) is 9.70. The number of carbonyl (C=O) groups excluding carboxylic acids is 2. The molecule has 0 aromatic heterocycles. The average molecular weight is 388 g/mol. The number of carbonyl (C=O) groups is 2. The minimum absolute atomic E-state index is 0.00462. The monoisotopic (exact) mass is 388 g/mol. The first kappa shape index (κ1) is 20.2. The van der Waals surface area contributed by atoms with Crippen LogP contribution in [0.2, 0.25) is 0 Å². The molecule has 0 bridgehead atoms. The van der Waals surface area contributed by atoms with Crippen molar-refractivity contribution in [1.82, 2.24) is 5.43 Å². The molecule has 1 N–H and O–H groups in total. The molecular formula is C21H28N2O5. The molecule has 0 saturated heterocycles. The van der Waals surface area contributed by atoms with E-state index in [1.54, 1.807) is 45.2 Å². The van der Waals surface area contributed by atoms with Gasteiger partial charge >= 0.3 is 6.16 Å². The van der Waals surface area contributed by atoms with Crippen LogP contribution < -0.4 is 14.9 Å². The predicted octanol–water partition coefficient (Wildman–Crippen LogP) is 3.90. The summed E-state index contributed by atoms with van der Waals surface area (Å²) in [6.07, 6.45) is 5.51. The molecule has 0 spiro atoms. The lowest BCUT2D eigenvalue weighted by molar-refractivity contribution is -0.122. The van der Waals surface area contributed by atoms with Crippen molar-refractivity contribution < 1.29 is 23.8 Å². The van der Waals surface area contributed by atoms with Crippen molar-refractivity contribution in [2.75, 3.05) is 7.11 Å². The maximum absolute atomic E-state index is 12.3. The van der Waals surface area contributed by atoms with Gasteiger partial charge in [0.2, 0.25) is 5.91 Å². The fourth-order valence-electron chi connectivity index (χ4n) is 3.84. The second kappa shape index (κ2) is 8.20. The Hall–Kier alpha value is -2.57. The van der Waals surface area contributed by atoms with Crippen LogP contribution in [0.5, 0.6) is 11.5 Å². The van der Waals surface area contributed by atoms with Crippen molar-refractivity contribution in [3.05, 3.63) is 23.8 Å². The number of hydrogen-bond acceptors (Lipinski definition) is 6. The molecule has 7 heteroatoms. The Morgan fingerprint density at radius 2 is 1.82 bits per heavy atom. The Kier molecular flexibility index (Phi) is 5.91. The number of fused-ring (bicyclic) bond motifs is 1. The van der Waals surface area contributed by atoms with Gasteiger partial charge in [-0.1, -0.05) is 12.8 Å². The first-order valence-electron chi connectivity index (χ1n) is 9.70. The van der Waals surface area contributed by atoms with Crippen molar-refractivity contribution in [3.63, 3.8) is 0 Å². The normalized spacial score (nSPS) is 23.6. The van der Waals surface area contributed by atoms with Gasteiger partial charge in [-0.05, 0) is 69.2 Å². The van der Waals surface area contributed by atoms with Crippen LogP contribution in [0.4, 0.5) is 4.79 Å². The maximum atomic E-state index is 12.3. The van der Waals surface area contributed by atoms with Crippen LogP contribution in [-0.4, -0.2) is 31.0 Å². The van der Waals surface area contributed by atoms with E-state index in [0.717, 1.165) is 12.8 Å². The fraction of sp³-hybridized carbons (Fsp3) is 0.571. The molecule has 1 aromatic carbocycles. The van der Waals surface area contributed by atoms with Crippen molar-refractivity contribution in [1.29, 1.82) is 0 Å². The van der Waals surface area contributed by atoms with Crippen molar-refractivity contribution in [3.8, 4) is 11.5 Å². The van der Waals surface area contributed by atoms with E-state index in [1.807, 2.05) is 0 Å². The summed E-state index contributed by atoms with van der Waals surface area (Å²) in [5, 5.41) is 4.06. The smallest absolute Gasteiger partial charge is 0.493 e. The van der Waals surface area contributed by atoms with Crippen LogP contribution in [-0.2, 0) is 9.53 Å². The van der Waals surface area contributed by atoms with E-state index in [9.17, 15) is 9.59 Å². The summed E-state index contributed by atoms with van der Waals surface area (Å²) in [4.78, 5) is 24.1. The molecule has 2 saturated carbocycles. The van der Waals surface area contributed by atoms with Gasteiger partial charge in [0.05, 0.1) is 13.3 Å². The minimum atomic E-state index is -0.801. The summed E-state index contributed by atoms with van der Waals surface area (Å²) in [5.41, 5.74) is 2.71. The molecule has 2 unspecified atom stereocenters. The molecule has 2 fully saturated rings. The highest BCUT2D eigenvalue weighted by Gasteiger charge is 2.54. The zero-order valence-electron chi connectivity index (χ0n) is 16.9. The number of nitrogens with one attached hydrogen (secondary N) is 1. The summed E-state index contributed by atoms with van der Waals surface area (Å²) < 4.78 is 15.6. The van der Waals surface area contributed by atoms with E-state index in [0.29, 0.717) is 23.1 Å². The summed E-state index contributed by atoms with van der Waals surface area (Å²) in [7, 11) is 1.48. The molecule has 0 radical (unpaired) electrons. The Labute approximate surface area is 165 Å². The molecule has 2 aliphatic carbocycles. The quantitative estimate of drug-likeness (QED) is 0.358. The molecule has 2 aliphatic rings. The van der Waals surface area contributed by atoms with Crippen LogP contribution in [0.25, 0.3) is 0 Å². The van der Waals surface area contributed by atoms with E-state index in [1.165, 1.54) is 20.0 Å². The summed E-state index contributed by atoms with van der Waals surface area (Å²) >= 11 is 0. The molecule has 1 amide bonds. The van der Waals surface area contributed by atoms with Crippen LogP contribution in [0, 0.1) is 17.8 Å². The molecule has 1 aromatic rings. The van der Waals surface area contributed by atoms with Crippen molar-refractivity contribution in [2.45, 2.75) is 52.1 Å². The van der Waals surface area contributed by atoms with Crippen LogP contribution in [0.1, 0.15) is 52.0 Å². The zero-order chi connectivity index (χ0) is 20.3. The van der Waals surface area contributed by atoms with E-state index >= 15 is 0 Å². The third-order valence-corrected chi connectivity index (χ3v) is 5.12. The van der Waals surface area contributed by atoms with E-state index in [2.05, 4.69) is 10.5 Å². The Morgan fingerprint density at radius 3 is 2.43 bits per heavy atom. The average Bonchev–Trinajstić information content (AvgIpc) is 3.35. The number of benzene rings is 1. The summed E-state index contributed by atoms with van der Waals surface area (Å²) in [6, 6.07) is 4.99. The molecule has 152 valence electrons. The van der Waals surface area contributed by atoms with E-state index < -0.39 is 11.8 Å². The van der Waals surface area contributed by atoms with Gasteiger partial charge in [-0.15, -0.1) is 0 Å². The molecule has 3 rings (SSSR count). The number of hydrogen-bond donors (Lipinski definition) is 1. The van der Waals surface area contributed by atoms with Gasteiger partial charge in [-0.25, -0.2) is 10.2 Å².